The molecule has 0 bridgehead atoms. The summed E-state index contributed by atoms with van der Waals surface area (Å²) in [6.45, 7) is 0.858. The molecule has 4 rings (SSSR count). The summed E-state index contributed by atoms with van der Waals surface area (Å²) in [5.41, 5.74) is 3.13. The van der Waals surface area contributed by atoms with Crippen molar-refractivity contribution in [2.75, 3.05) is 31.1 Å². The zero-order valence-electron chi connectivity index (χ0n) is 19.0. The predicted molar refractivity (Wildman–Crippen MR) is 122 cm³/mol. The molecule has 3 aromatic rings. The lowest BCUT2D eigenvalue weighted by molar-refractivity contribution is -0.138. The second-order valence-corrected chi connectivity index (χ2v) is 7.55. The Hall–Kier alpha value is -4.82. The fraction of sp³-hybridized carbons (Fsp3) is 0.227. The Morgan fingerprint density at radius 3 is 2.24 bits per heavy atom. The molecule has 37 heavy (non-hydrogen) atoms. The Bertz CT molecular complexity index is 1350. The van der Waals surface area contributed by atoms with Gasteiger partial charge >= 0.3 is 17.8 Å². The molecule has 2 aromatic heterocycles. The van der Waals surface area contributed by atoms with Gasteiger partial charge in [-0.25, -0.2) is 14.6 Å². The third-order valence-corrected chi connectivity index (χ3v) is 5.21. The lowest BCUT2D eigenvalue weighted by Crippen LogP contribution is -2.49. The van der Waals surface area contributed by atoms with Gasteiger partial charge < -0.3 is 25.6 Å². The number of nitrogens with two attached hydrogens (primary N) is 1. The monoisotopic (exact) mass is 519 g/mol. The lowest BCUT2D eigenvalue weighted by Gasteiger charge is -2.36. The molecule has 0 saturated carbocycles. The summed E-state index contributed by atoms with van der Waals surface area (Å²) in [5, 5.41) is 16.3. The van der Waals surface area contributed by atoms with Crippen molar-refractivity contribution in [3.8, 4) is 0 Å². The Labute approximate surface area is 206 Å². The number of hydrogen-bond donors (Lipinski definition) is 3. The molecule has 1 aromatic carbocycles. The molecule has 0 aliphatic carbocycles. The number of piperazine rings is 1. The normalized spacial score (nSPS) is 13.4. The van der Waals surface area contributed by atoms with Crippen LogP contribution in [0.4, 0.5) is 18.9 Å². The van der Waals surface area contributed by atoms with E-state index in [4.69, 9.17) is 5.73 Å². The number of H-pyrrole nitrogens is 1. The maximum absolute atomic E-state index is 13.1. The number of carbonyl (C=O) groups is 3. The number of halogens is 3. The van der Waals surface area contributed by atoms with E-state index in [0.29, 0.717) is 5.69 Å². The molecular formula is C22H20F3N7O5. The van der Waals surface area contributed by atoms with Crippen molar-refractivity contribution in [3.63, 3.8) is 0 Å². The molecule has 15 heteroatoms. The first kappa shape index (κ1) is 26.8. The Balaban J connectivity index is 0.000000319. The summed E-state index contributed by atoms with van der Waals surface area (Å²) >= 11 is 0. The van der Waals surface area contributed by atoms with E-state index in [1.165, 1.54) is 41.6 Å². The van der Waals surface area contributed by atoms with Crippen LogP contribution < -0.4 is 16.3 Å². The minimum Gasteiger partial charge on any atom is -0.476 e. The molecule has 1 fully saturated rings. The molecule has 1 aliphatic heterocycles. The highest BCUT2D eigenvalue weighted by molar-refractivity contribution is 5.96. The van der Waals surface area contributed by atoms with Gasteiger partial charge in [-0.05, 0) is 24.3 Å². The number of carbonyl (C=O) groups excluding carboxylic acids is 2. The van der Waals surface area contributed by atoms with E-state index in [1.807, 2.05) is 0 Å². The average molecular weight is 519 g/mol. The SMILES string of the molecule is NC(=O)c1ccnc(=O)[nH]1.O=C(O)c1nnccc1N1CCN(C(=O)c2ccccc2C(F)(F)F)CC1. The zero-order chi connectivity index (χ0) is 27.2. The number of aromatic carboxylic acids is 1. The van der Waals surface area contributed by atoms with Crippen molar-refractivity contribution in [2.45, 2.75) is 6.18 Å². The maximum Gasteiger partial charge on any atom is 0.417 e. The number of anilines is 1. The number of carboxylic acids is 1. The van der Waals surface area contributed by atoms with Gasteiger partial charge in [-0.3, -0.25) is 9.59 Å². The van der Waals surface area contributed by atoms with E-state index in [2.05, 4.69) is 20.2 Å². The van der Waals surface area contributed by atoms with Crippen LogP contribution in [0.1, 0.15) is 36.9 Å². The van der Waals surface area contributed by atoms with Crippen molar-refractivity contribution < 1.29 is 32.7 Å². The van der Waals surface area contributed by atoms with Crippen LogP contribution in [-0.2, 0) is 6.18 Å². The molecule has 1 saturated heterocycles. The third kappa shape index (κ3) is 6.65. The highest BCUT2D eigenvalue weighted by Gasteiger charge is 2.36. The molecule has 2 amide bonds. The summed E-state index contributed by atoms with van der Waals surface area (Å²) in [5.74, 6) is -2.59. The number of amides is 2. The molecule has 0 spiro atoms. The topological polar surface area (TPSA) is 175 Å². The number of carboxylic acid groups (broad SMARTS) is 1. The summed E-state index contributed by atoms with van der Waals surface area (Å²) in [6, 6.07) is 7.51. The van der Waals surface area contributed by atoms with Crippen LogP contribution in [0, 0.1) is 0 Å². The Morgan fingerprint density at radius 1 is 1.00 bits per heavy atom. The average Bonchev–Trinajstić information content (AvgIpc) is 2.88. The first-order chi connectivity index (χ1) is 17.5. The van der Waals surface area contributed by atoms with Crippen molar-refractivity contribution >= 4 is 23.5 Å². The maximum atomic E-state index is 13.1. The number of nitrogens with one attached hydrogen (secondary N) is 1. The smallest absolute Gasteiger partial charge is 0.417 e. The Morgan fingerprint density at radius 2 is 1.68 bits per heavy atom. The van der Waals surface area contributed by atoms with E-state index >= 15 is 0 Å². The van der Waals surface area contributed by atoms with E-state index in [-0.39, 0.29) is 37.6 Å². The van der Waals surface area contributed by atoms with Gasteiger partial charge in [0.2, 0.25) is 0 Å². The molecule has 4 N–H and O–H groups in total. The standard InChI is InChI=1S/C17H15F3N4O3.C5H5N3O2/c18-17(19,20)12-4-2-1-3-11(12)15(25)24-9-7-23(8-10-24)13-5-6-21-22-14(13)16(26)27;6-4(9)3-1-2-7-5(10)8-3/h1-6H,7-10H2,(H,26,27);1-2H,(H2,6,9)(H,7,8,10). The van der Waals surface area contributed by atoms with Crippen LogP contribution in [0.2, 0.25) is 0 Å². The fourth-order valence-electron chi connectivity index (χ4n) is 3.48. The summed E-state index contributed by atoms with van der Waals surface area (Å²) in [4.78, 5) is 53.1. The van der Waals surface area contributed by atoms with E-state index < -0.39 is 40.8 Å². The molecule has 1 aliphatic rings. The van der Waals surface area contributed by atoms with Gasteiger partial charge in [0, 0.05) is 32.4 Å². The number of nitrogens with zero attached hydrogens (tertiary/aromatic N) is 5. The molecule has 12 nitrogen and oxygen atoms in total. The summed E-state index contributed by atoms with van der Waals surface area (Å²) in [6.07, 6.45) is -2.04. The van der Waals surface area contributed by atoms with Gasteiger partial charge in [0.25, 0.3) is 11.8 Å². The largest absolute Gasteiger partial charge is 0.476 e. The molecule has 3 heterocycles. The van der Waals surface area contributed by atoms with Gasteiger partial charge in [-0.1, -0.05) is 12.1 Å². The van der Waals surface area contributed by atoms with Crippen LogP contribution in [0.3, 0.4) is 0 Å². The van der Waals surface area contributed by atoms with Crippen LogP contribution >= 0.6 is 0 Å². The molecule has 0 unspecified atom stereocenters. The van der Waals surface area contributed by atoms with Crippen molar-refractivity contribution in [2.24, 2.45) is 5.73 Å². The van der Waals surface area contributed by atoms with Crippen molar-refractivity contribution in [1.29, 1.82) is 0 Å². The third-order valence-electron chi connectivity index (χ3n) is 5.21. The summed E-state index contributed by atoms with van der Waals surface area (Å²) < 4.78 is 39.4. The highest BCUT2D eigenvalue weighted by atomic mass is 19.4. The van der Waals surface area contributed by atoms with Gasteiger partial charge in [0.15, 0.2) is 5.69 Å². The second kappa shape index (κ2) is 11.3. The van der Waals surface area contributed by atoms with E-state index in [0.717, 1.165) is 12.1 Å². The van der Waals surface area contributed by atoms with Crippen LogP contribution in [0.5, 0.6) is 0 Å². The van der Waals surface area contributed by atoms with Gasteiger partial charge in [0.1, 0.15) is 5.69 Å². The number of rotatable bonds is 4. The molecular weight excluding hydrogens is 499 g/mol. The summed E-state index contributed by atoms with van der Waals surface area (Å²) in [7, 11) is 0. The van der Waals surface area contributed by atoms with Crippen molar-refractivity contribution in [1.82, 2.24) is 25.1 Å². The number of hydrogen-bond acceptors (Lipinski definition) is 8. The van der Waals surface area contributed by atoms with Crippen molar-refractivity contribution in [3.05, 3.63) is 81.8 Å². The van der Waals surface area contributed by atoms with E-state index in [9.17, 15) is 37.5 Å². The minimum atomic E-state index is -4.62. The van der Waals surface area contributed by atoms with Gasteiger partial charge in [0.05, 0.1) is 23.0 Å². The minimum absolute atomic E-state index is 0.0694. The lowest BCUT2D eigenvalue weighted by atomic mass is 10.1. The highest BCUT2D eigenvalue weighted by Crippen LogP contribution is 2.32. The fourth-order valence-corrected chi connectivity index (χ4v) is 3.48. The number of aromatic amines is 1. The quantitative estimate of drug-likeness (QED) is 0.454. The van der Waals surface area contributed by atoms with Gasteiger partial charge in [-0.15, -0.1) is 5.10 Å². The first-order valence-electron chi connectivity index (χ1n) is 10.6. The predicted octanol–water partition coefficient (Wildman–Crippen LogP) is 1.02. The number of primary amides is 1. The number of benzene rings is 1. The second-order valence-electron chi connectivity index (χ2n) is 7.55. The number of alkyl halides is 3. The van der Waals surface area contributed by atoms with Gasteiger partial charge in [-0.2, -0.15) is 18.3 Å². The van der Waals surface area contributed by atoms with Crippen LogP contribution in [-0.4, -0.2) is 74.1 Å². The first-order valence-corrected chi connectivity index (χ1v) is 10.6. The van der Waals surface area contributed by atoms with Crippen LogP contribution in [0.25, 0.3) is 0 Å². The Kier molecular flexibility index (Phi) is 8.16. The molecule has 194 valence electrons. The number of aromatic nitrogens is 4. The molecule has 0 radical (unpaired) electrons. The molecule has 0 atom stereocenters. The zero-order valence-corrected chi connectivity index (χ0v) is 19.0. The van der Waals surface area contributed by atoms with Crippen LogP contribution in [0.15, 0.2) is 53.6 Å². The van der Waals surface area contributed by atoms with E-state index in [1.54, 1.807) is 4.90 Å².